The van der Waals surface area contributed by atoms with Gasteiger partial charge in [0, 0.05) is 51.7 Å². The van der Waals surface area contributed by atoms with Gasteiger partial charge in [-0.05, 0) is 30.5 Å². The summed E-state index contributed by atoms with van der Waals surface area (Å²) < 4.78 is 21.4. The first-order chi connectivity index (χ1) is 13.7. The van der Waals surface area contributed by atoms with Crippen molar-refractivity contribution in [3.05, 3.63) is 47.8 Å². The van der Waals surface area contributed by atoms with Crippen LogP contribution in [0.2, 0.25) is 0 Å². The quantitative estimate of drug-likeness (QED) is 0.336. The molecule has 2 heterocycles. The van der Waals surface area contributed by atoms with E-state index in [9.17, 15) is 4.39 Å². The van der Waals surface area contributed by atoms with Crippen LogP contribution in [0.4, 0.5) is 4.39 Å². The van der Waals surface area contributed by atoms with E-state index in [0.717, 1.165) is 43.2 Å². The lowest BCUT2D eigenvalue weighted by Crippen LogP contribution is -2.48. The molecule has 1 aromatic heterocycles. The molecule has 1 aromatic carbocycles. The zero-order chi connectivity index (χ0) is 19.8. The van der Waals surface area contributed by atoms with Crippen LogP contribution in [0.1, 0.15) is 31.2 Å². The Morgan fingerprint density at radius 2 is 2.10 bits per heavy atom. The van der Waals surface area contributed by atoms with Crippen molar-refractivity contribution in [3.63, 3.8) is 0 Å². The number of nitrogens with one attached hydrogen (secondary N) is 2. The van der Waals surface area contributed by atoms with E-state index in [4.69, 9.17) is 4.74 Å². The van der Waals surface area contributed by atoms with Gasteiger partial charge in [0.1, 0.15) is 18.0 Å². The molecular formula is C20H30FIN6O. The molecule has 0 atom stereocenters. The van der Waals surface area contributed by atoms with E-state index in [1.165, 1.54) is 6.07 Å². The van der Waals surface area contributed by atoms with Crippen molar-refractivity contribution in [2.24, 2.45) is 4.99 Å². The summed E-state index contributed by atoms with van der Waals surface area (Å²) in [6.07, 6.45) is 4.30. The third-order valence-corrected chi connectivity index (χ3v) is 5.36. The van der Waals surface area contributed by atoms with E-state index in [1.807, 2.05) is 10.6 Å². The highest BCUT2D eigenvalue weighted by Gasteiger charge is 2.34. The maximum Gasteiger partial charge on any atom is 0.191 e. The number of nitrogens with zero attached hydrogens (tertiary/aromatic N) is 4. The van der Waals surface area contributed by atoms with Crippen molar-refractivity contribution in [3.8, 4) is 0 Å². The number of rotatable bonds is 7. The Kier molecular flexibility index (Phi) is 9.28. The minimum atomic E-state index is -0.202. The van der Waals surface area contributed by atoms with Gasteiger partial charge in [-0.25, -0.2) is 4.39 Å². The summed E-state index contributed by atoms with van der Waals surface area (Å²) in [6.45, 7) is 5.57. The molecule has 29 heavy (non-hydrogen) atoms. The maximum atomic E-state index is 13.8. The fourth-order valence-corrected chi connectivity index (χ4v) is 3.66. The van der Waals surface area contributed by atoms with E-state index in [0.29, 0.717) is 26.3 Å². The summed E-state index contributed by atoms with van der Waals surface area (Å²) in [5, 5.41) is 14.8. The van der Waals surface area contributed by atoms with Crippen molar-refractivity contribution in [1.82, 2.24) is 25.4 Å². The molecule has 0 aliphatic carbocycles. The van der Waals surface area contributed by atoms with Crippen molar-refractivity contribution in [2.45, 2.75) is 38.1 Å². The number of ether oxygens (including phenoxy) is 1. The van der Waals surface area contributed by atoms with Crippen LogP contribution in [0.25, 0.3) is 0 Å². The standard InChI is InChI=1S/C20H29FN6O.HI/c1-3-18-26-25-15-27(18)10-9-23-19(22-2)24-14-20(7-11-28-12-8-20)16-5-4-6-17(21)13-16;/h4-6,13,15H,3,7-12,14H2,1-2H3,(H2,22,23,24);1H. The number of halogens is 2. The van der Waals surface area contributed by atoms with Gasteiger partial charge in [0.2, 0.25) is 0 Å². The Morgan fingerprint density at radius 3 is 2.79 bits per heavy atom. The maximum absolute atomic E-state index is 13.8. The predicted molar refractivity (Wildman–Crippen MR) is 122 cm³/mol. The highest BCUT2D eigenvalue weighted by atomic mass is 127. The van der Waals surface area contributed by atoms with Crippen molar-refractivity contribution in [1.29, 1.82) is 0 Å². The average Bonchev–Trinajstić information content (AvgIpc) is 3.18. The molecule has 3 rings (SSSR count). The van der Waals surface area contributed by atoms with Crippen molar-refractivity contribution < 1.29 is 9.13 Å². The lowest BCUT2D eigenvalue weighted by molar-refractivity contribution is 0.0513. The van der Waals surface area contributed by atoms with Crippen LogP contribution in [0.15, 0.2) is 35.6 Å². The third-order valence-electron chi connectivity index (χ3n) is 5.36. The van der Waals surface area contributed by atoms with E-state index < -0.39 is 0 Å². The molecule has 0 bridgehead atoms. The molecule has 1 fully saturated rings. The molecule has 0 radical (unpaired) electrons. The number of aromatic nitrogens is 3. The Balaban J connectivity index is 0.00000300. The molecule has 0 spiro atoms. The second-order valence-electron chi connectivity index (χ2n) is 7.05. The normalized spacial score (nSPS) is 16.2. The number of hydrogen-bond acceptors (Lipinski definition) is 4. The Bertz CT molecular complexity index is 791. The van der Waals surface area contributed by atoms with Gasteiger partial charge in [0.15, 0.2) is 5.96 Å². The number of guanidine groups is 1. The second kappa shape index (κ2) is 11.4. The molecule has 2 N–H and O–H groups in total. The molecule has 1 aliphatic heterocycles. The van der Waals surface area contributed by atoms with Crippen LogP contribution < -0.4 is 10.6 Å². The average molecular weight is 516 g/mol. The minimum absolute atomic E-state index is 0. The fourth-order valence-electron chi connectivity index (χ4n) is 3.66. The first-order valence-electron chi connectivity index (χ1n) is 9.82. The minimum Gasteiger partial charge on any atom is -0.381 e. The SMILES string of the molecule is CCc1nncn1CCNC(=NC)NCC1(c2cccc(F)c2)CCOCC1.I. The lowest BCUT2D eigenvalue weighted by Gasteiger charge is -2.38. The topological polar surface area (TPSA) is 76.4 Å². The summed E-state index contributed by atoms with van der Waals surface area (Å²) >= 11 is 0. The zero-order valence-electron chi connectivity index (χ0n) is 17.0. The number of aliphatic imine (C=N–C) groups is 1. The summed E-state index contributed by atoms with van der Waals surface area (Å²) in [5.41, 5.74) is 0.845. The van der Waals surface area contributed by atoms with Crippen LogP contribution in [0.3, 0.4) is 0 Å². The zero-order valence-corrected chi connectivity index (χ0v) is 19.4. The van der Waals surface area contributed by atoms with Crippen molar-refractivity contribution >= 4 is 29.9 Å². The summed E-state index contributed by atoms with van der Waals surface area (Å²) in [6, 6.07) is 6.91. The monoisotopic (exact) mass is 516 g/mol. The van der Waals surface area contributed by atoms with Gasteiger partial charge < -0.3 is 19.9 Å². The molecule has 1 saturated heterocycles. The lowest BCUT2D eigenvalue weighted by atomic mass is 9.74. The molecule has 0 unspecified atom stereocenters. The Labute approximate surface area is 188 Å². The molecule has 1 aliphatic rings. The Morgan fingerprint density at radius 1 is 1.31 bits per heavy atom. The van der Waals surface area contributed by atoms with Gasteiger partial charge >= 0.3 is 0 Å². The molecule has 7 nitrogen and oxygen atoms in total. The highest BCUT2D eigenvalue weighted by molar-refractivity contribution is 14.0. The number of hydrogen-bond donors (Lipinski definition) is 2. The molecule has 0 saturated carbocycles. The molecular weight excluding hydrogens is 486 g/mol. The van der Waals surface area contributed by atoms with Gasteiger partial charge in [0.05, 0.1) is 0 Å². The highest BCUT2D eigenvalue weighted by Crippen LogP contribution is 2.34. The third kappa shape index (κ3) is 6.11. The largest absolute Gasteiger partial charge is 0.381 e. The summed E-state index contributed by atoms with van der Waals surface area (Å²) in [5.74, 6) is 1.50. The van der Waals surface area contributed by atoms with Gasteiger partial charge in [-0.2, -0.15) is 0 Å². The number of aryl methyl sites for hydroxylation is 1. The van der Waals surface area contributed by atoms with Gasteiger partial charge in [-0.15, -0.1) is 34.2 Å². The van der Waals surface area contributed by atoms with E-state index in [1.54, 1.807) is 25.5 Å². The molecule has 9 heteroatoms. The van der Waals surface area contributed by atoms with Gasteiger partial charge in [0.25, 0.3) is 0 Å². The Hall–Kier alpha value is -1.75. The summed E-state index contributed by atoms with van der Waals surface area (Å²) in [7, 11) is 1.75. The molecule has 160 valence electrons. The van der Waals surface area contributed by atoms with Gasteiger partial charge in [-0.3, -0.25) is 4.99 Å². The smallest absolute Gasteiger partial charge is 0.191 e. The van der Waals surface area contributed by atoms with Crippen molar-refractivity contribution in [2.75, 3.05) is 33.4 Å². The van der Waals surface area contributed by atoms with Crippen LogP contribution in [0, 0.1) is 5.82 Å². The number of benzene rings is 1. The fraction of sp³-hybridized carbons (Fsp3) is 0.550. The first kappa shape index (κ1) is 23.5. The molecule has 0 amide bonds. The first-order valence-corrected chi connectivity index (χ1v) is 9.82. The molecule has 2 aromatic rings. The predicted octanol–water partition coefficient (Wildman–Crippen LogP) is 2.51. The van der Waals surface area contributed by atoms with E-state index >= 15 is 0 Å². The second-order valence-corrected chi connectivity index (χ2v) is 7.05. The van der Waals surface area contributed by atoms with Crippen LogP contribution in [0.5, 0.6) is 0 Å². The van der Waals surface area contributed by atoms with Crippen LogP contribution >= 0.6 is 24.0 Å². The van der Waals surface area contributed by atoms with Crippen LogP contribution in [-0.2, 0) is 23.1 Å². The van der Waals surface area contributed by atoms with Crippen LogP contribution in [-0.4, -0.2) is 54.1 Å². The van der Waals surface area contributed by atoms with E-state index in [-0.39, 0.29) is 35.2 Å². The van der Waals surface area contributed by atoms with E-state index in [2.05, 4.69) is 32.7 Å². The van der Waals surface area contributed by atoms with Gasteiger partial charge in [-0.1, -0.05) is 19.1 Å². The summed E-state index contributed by atoms with van der Waals surface area (Å²) in [4.78, 5) is 4.32.